The second kappa shape index (κ2) is 6.63. The van der Waals surface area contributed by atoms with Crippen LogP contribution < -0.4 is 0 Å². The Kier molecular flexibility index (Phi) is 4.56. The fraction of sp³-hybridized carbons (Fsp3) is 0.278. The zero-order valence-electron chi connectivity index (χ0n) is 13.1. The molecule has 1 heterocycles. The Morgan fingerprint density at radius 3 is 2.17 bits per heavy atom. The number of nitrogens with zero attached hydrogens (tertiary/aromatic N) is 2. The molecule has 0 aliphatic carbocycles. The quantitative estimate of drug-likeness (QED) is 0.929. The van der Waals surface area contributed by atoms with E-state index in [1.165, 1.54) is 6.07 Å². The van der Waals surface area contributed by atoms with Gasteiger partial charge in [0.25, 0.3) is 0 Å². The molecule has 0 aromatic heterocycles. The first-order valence-electron chi connectivity index (χ1n) is 7.86. The number of phenolic OH excluding ortho intramolecular Hbond substituents is 1. The standard InChI is InChI=1S/C18H18N2O3S/c19-13-16-5-4-15(12-18(16)21)14-6-8-17(9-7-14)24(22,23)20-10-2-1-3-11-20/h4-9,12,21H,1-3,10-11H2. The minimum atomic E-state index is -3.44. The van der Waals surface area contributed by atoms with Crippen molar-refractivity contribution >= 4 is 10.0 Å². The average Bonchev–Trinajstić information content (AvgIpc) is 2.62. The molecule has 124 valence electrons. The van der Waals surface area contributed by atoms with Gasteiger partial charge in [0.2, 0.25) is 10.0 Å². The maximum Gasteiger partial charge on any atom is 0.243 e. The molecule has 2 aromatic carbocycles. The molecule has 24 heavy (non-hydrogen) atoms. The van der Waals surface area contributed by atoms with E-state index < -0.39 is 10.0 Å². The summed E-state index contributed by atoms with van der Waals surface area (Å²) in [5.74, 6) is -0.0833. The third-order valence-corrected chi connectivity index (χ3v) is 6.17. The molecule has 6 heteroatoms. The predicted octanol–water partition coefficient (Wildman–Crippen LogP) is 3.11. The van der Waals surface area contributed by atoms with Crippen molar-refractivity contribution in [2.45, 2.75) is 24.2 Å². The van der Waals surface area contributed by atoms with E-state index in [9.17, 15) is 13.5 Å². The first-order chi connectivity index (χ1) is 11.5. The lowest BCUT2D eigenvalue weighted by Gasteiger charge is -2.25. The largest absolute Gasteiger partial charge is 0.507 e. The highest BCUT2D eigenvalue weighted by atomic mass is 32.2. The molecule has 5 nitrogen and oxygen atoms in total. The molecule has 0 bridgehead atoms. The van der Waals surface area contributed by atoms with E-state index in [0.29, 0.717) is 13.1 Å². The molecule has 1 aliphatic rings. The van der Waals surface area contributed by atoms with Crippen molar-refractivity contribution < 1.29 is 13.5 Å². The zero-order chi connectivity index (χ0) is 17.2. The molecule has 0 amide bonds. The Labute approximate surface area is 141 Å². The van der Waals surface area contributed by atoms with Gasteiger partial charge in [0, 0.05) is 13.1 Å². The minimum Gasteiger partial charge on any atom is -0.507 e. The van der Waals surface area contributed by atoms with Gasteiger partial charge in [0.05, 0.1) is 10.5 Å². The topological polar surface area (TPSA) is 81.4 Å². The highest BCUT2D eigenvalue weighted by Gasteiger charge is 2.25. The maximum absolute atomic E-state index is 12.6. The van der Waals surface area contributed by atoms with Gasteiger partial charge >= 0.3 is 0 Å². The van der Waals surface area contributed by atoms with Crippen molar-refractivity contribution in [3.05, 3.63) is 48.0 Å². The van der Waals surface area contributed by atoms with Gasteiger partial charge in [0.15, 0.2) is 0 Å². The Hall–Kier alpha value is -2.36. The summed E-state index contributed by atoms with van der Waals surface area (Å²) in [6.45, 7) is 1.15. The first kappa shape index (κ1) is 16.5. The molecule has 3 rings (SSSR count). The molecular weight excluding hydrogens is 324 g/mol. The monoisotopic (exact) mass is 342 g/mol. The van der Waals surface area contributed by atoms with Crippen molar-refractivity contribution in [2.75, 3.05) is 13.1 Å². The Morgan fingerprint density at radius 1 is 0.958 bits per heavy atom. The zero-order valence-corrected chi connectivity index (χ0v) is 14.0. The van der Waals surface area contributed by atoms with Crippen LogP contribution in [0.3, 0.4) is 0 Å². The second-order valence-electron chi connectivity index (χ2n) is 5.83. The smallest absolute Gasteiger partial charge is 0.243 e. The molecule has 0 spiro atoms. The van der Waals surface area contributed by atoms with Gasteiger partial charge < -0.3 is 5.11 Å². The van der Waals surface area contributed by atoms with E-state index in [-0.39, 0.29) is 16.2 Å². The molecule has 1 fully saturated rings. The summed E-state index contributed by atoms with van der Waals surface area (Å²) in [5, 5.41) is 18.6. The molecule has 0 saturated carbocycles. The Bertz CT molecular complexity index is 877. The Morgan fingerprint density at radius 2 is 1.58 bits per heavy atom. The normalized spacial score (nSPS) is 15.8. The summed E-state index contributed by atoms with van der Waals surface area (Å²) in [6.07, 6.45) is 2.89. The molecule has 0 radical (unpaired) electrons. The van der Waals surface area contributed by atoms with Gasteiger partial charge in [0.1, 0.15) is 11.8 Å². The van der Waals surface area contributed by atoms with Gasteiger partial charge in [-0.05, 0) is 48.2 Å². The molecule has 2 aromatic rings. The van der Waals surface area contributed by atoms with Crippen molar-refractivity contribution in [2.24, 2.45) is 0 Å². The number of phenols is 1. The third-order valence-electron chi connectivity index (χ3n) is 4.26. The fourth-order valence-corrected chi connectivity index (χ4v) is 4.40. The number of rotatable bonds is 3. The van der Waals surface area contributed by atoms with E-state index in [0.717, 1.165) is 30.4 Å². The number of aromatic hydroxyl groups is 1. The van der Waals surface area contributed by atoms with Crippen LogP contribution in [-0.2, 0) is 10.0 Å². The highest BCUT2D eigenvalue weighted by molar-refractivity contribution is 7.89. The van der Waals surface area contributed by atoms with Gasteiger partial charge in [-0.1, -0.05) is 24.6 Å². The van der Waals surface area contributed by atoms with E-state index in [1.807, 2.05) is 6.07 Å². The Balaban J connectivity index is 1.88. The lowest BCUT2D eigenvalue weighted by atomic mass is 10.0. The lowest BCUT2D eigenvalue weighted by Crippen LogP contribution is -2.35. The van der Waals surface area contributed by atoms with Crippen LogP contribution in [0.1, 0.15) is 24.8 Å². The summed E-state index contributed by atoms with van der Waals surface area (Å²) in [5.41, 5.74) is 1.73. The summed E-state index contributed by atoms with van der Waals surface area (Å²) >= 11 is 0. The van der Waals surface area contributed by atoms with E-state index >= 15 is 0 Å². The third kappa shape index (κ3) is 3.14. The van der Waals surface area contributed by atoms with Gasteiger partial charge in [-0.15, -0.1) is 0 Å². The van der Waals surface area contributed by atoms with Crippen LogP contribution in [0.2, 0.25) is 0 Å². The number of nitriles is 1. The van der Waals surface area contributed by atoms with Gasteiger partial charge in [-0.25, -0.2) is 8.42 Å². The van der Waals surface area contributed by atoms with E-state index in [2.05, 4.69) is 0 Å². The van der Waals surface area contributed by atoms with Gasteiger partial charge in [-0.2, -0.15) is 9.57 Å². The summed E-state index contributed by atoms with van der Waals surface area (Å²) in [4.78, 5) is 0.283. The summed E-state index contributed by atoms with van der Waals surface area (Å²) in [7, 11) is -3.44. The molecule has 0 atom stereocenters. The average molecular weight is 342 g/mol. The molecule has 1 aliphatic heterocycles. The second-order valence-corrected chi connectivity index (χ2v) is 7.77. The summed E-state index contributed by atoms with van der Waals surface area (Å²) < 4.78 is 26.8. The number of hydrogen-bond acceptors (Lipinski definition) is 4. The number of piperidine rings is 1. The molecule has 1 saturated heterocycles. The van der Waals surface area contributed by atoms with Crippen molar-refractivity contribution in [3.8, 4) is 22.9 Å². The maximum atomic E-state index is 12.6. The number of benzene rings is 2. The summed E-state index contributed by atoms with van der Waals surface area (Å²) in [6, 6.07) is 13.3. The van der Waals surface area contributed by atoms with Gasteiger partial charge in [-0.3, -0.25) is 0 Å². The SMILES string of the molecule is N#Cc1ccc(-c2ccc(S(=O)(=O)N3CCCCC3)cc2)cc1O. The highest BCUT2D eigenvalue weighted by Crippen LogP contribution is 2.28. The van der Waals surface area contributed by atoms with Crippen molar-refractivity contribution in [1.29, 1.82) is 5.26 Å². The number of sulfonamides is 1. The van der Waals surface area contributed by atoms with E-state index in [1.54, 1.807) is 40.7 Å². The van der Waals surface area contributed by atoms with Crippen molar-refractivity contribution in [1.82, 2.24) is 4.31 Å². The van der Waals surface area contributed by atoms with Crippen LogP contribution in [0.25, 0.3) is 11.1 Å². The van der Waals surface area contributed by atoms with Crippen LogP contribution in [0.5, 0.6) is 5.75 Å². The van der Waals surface area contributed by atoms with Crippen LogP contribution in [0.15, 0.2) is 47.4 Å². The lowest BCUT2D eigenvalue weighted by molar-refractivity contribution is 0.346. The van der Waals surface area contributed by atoms with Crippen molar-refractivity contribution in [3.63, 3.8) is 0 Å². The van der Waals surface area contributed by atoms with Crippen LogP contribution in [0.4, 0.5) is 0 Å². The molecule has 1 N–H and O–H groups in total. The van der Waals surface area contributed by atoms with E-state index in [4.69, 9.17) is 5.26 Å². The number of hydrogen-bond donors (Lipinski definition) is 1. The first-order valence-corrected chi connectivity index (χ1v) is 9.30. The van der Waals surface area contributed by atoms with Crippen LogP contribution in [0, 0.1) is 11.3 Å². The fourth-order valence-electron chi connectivity index (χ4n) is 2.88. The molecule has 0 unspecified atom stereocenters. The van der Waals surface area contributed by atoms with Crippen LogP contribution >= 0.6 is 0 Å². The minimum absolute atomic E-state index is 0.0833. The van der Waals surface area contributed by atoms with Crippen LogP contribution in [-0.4, -0.2) is 30.9 Å². The molecular formula is C18H18N2O3S. The predicted molar refractivity (Wildman–Crippen MR) is 90.9 cm³/mol.